The minimum Gasteiger partial charge on any atom is -0.351 e. The van der Waals surface area contributed by atoms with Gasteiger partial charge in [0.1, 0.15) is 13.3 Å². The van der Waals surface area contributed by atoms with E-state index in [1.165, 1.54) is 0 Å². The molecule has 1 heterocycles. The van der Waals surface area contributed by atoms with Crippen LogP contribution >= 0.6 is 0 Å². The molecule has 0 spiro atoms. The van der Waals surface area contributed by atoms with Gasteiger partial charge in [-0.05, 0) is 30.4 Å². The lowest BCUT2D eigenvalue weighted by Crippen LogP contribution is -2.18. The minimum absolute atomic E-state index is 0.00799. The largest absolute Gasteiger partial charge is 0.411 e. The summed E-state index contributed by atoms with van der Waals surface area (Å²) in [5.41, 5.74) is 8.20. The number of ether oxygens (including phenoxy) is 1. The number of fused-ring (bicyclic) bond motifs is 1. The Balaban J connectivity index is 1.97. The number of halogens is 3. The first-order valence-corrected chi connectivity index (χ1v) is 6.04. The van der Waals surface area contributed by atoms with Crippen LogP contribution in [-0.4, -0.2) is 17.4 Å². The Morgan fingerprint density at radius 1 is 1.33 bits per heavy atom. The molecule has 1 aliphatic carbocycles. The number of alkyl halides is 3. The molecule has 0 aliphatic heterocycles. The van der Waals surface area contributed by atoms with Crippen molar-refractivity contribution in [3.05, 3.63) is 23.5 Å². The summed E-state index contributed by atoms with van der Waals surface area (Å²) in [5.74, 6) is 0. The van der Waals surface area contributed by atoms with Gasteiger partial charge in [-0.3, -0.25) is 0 Å². The van der Waals surface area contributed by atoms with Crippen LogP contribution in [0.2, 0.25) is 0 Å². The SMILES string of the molecule is NC1CCCCc2cn(COCC(F)(F)F)cc21. The van der Waals surface area contributed by atoms with Gasteiger partial charge in [-0.2, -0.15) is 13.2 Å². The highest BCUT2D eigenvalue weighted by atomic mass is 19.4. The zero-order valence-electron chi connectivity index (χ0n) is 10.0. The summed E-state index contributed by atoms with van der Waals surface area (Å²) in [5, 5.41) is 0. The summed E-state index contributed by atoms with van der Waals surface area (Å²) in [4.78, 5) is 0. The fraction of sp³-hybridized carbons (Fsp3) is 0.667. The van der Waals surface area contributed by atoms with Gasteiger partial charge in [-0.1, -0.05) is 6.42 Å². The molecule has 1 atom stereocenters. The van der Waals surface area contributed by atoms with E-state index in [1.54, 1.807) is 4.57 Å². The van der Waals surface area contributed by atoms with Crippen molar-refractivity contribution in [3.63, 3.8) is 0 Å². The Kier molecular flexibility index (Phi) is 3.97. The Bertz CT molecular complexity index is 401. The first-order valence-electron chi connectivity index (χ1n) is 6.04. The molecular formula is C12H17F3N2O. The number of aryl methyl sites for hydroxylation is 1. The molecule has 6 heteroatoms. The number of rotatable bonds is 3. The number of nitrogens with two attached hydrogens (primary N) is 1. The van der Waals surface area contributed by atoms with E-state index in [9.17, 15) is 13.2 Å². The second kappa shape index (κ2) is 5.32. The molecule has 3 nitrogen and oxygen atoms in total. The summed E-state index contributed by atoms with van der Waals surface area (Å²) in [6.45, 7) is -1.30. The molecule has 18 heavy (non-hydrogen) atoms. The van der Waals surface area contributed by atoms with Gasteiger partial charge in [0.15, 0.2) is 0 Å². The molecular weight excluding hydrogens is 245 g/mol. The molecule has 0 radical (unpaired) electrons. The van der Waals surface area contributed by atoms with Crippen LogP contribution in [-0.2, 0) is 17.9 Å². The van der Waals surface area contributed by atoms with Gasteiger partial charge in [0, 0.05) is 18.4 Å². The summed E-state index contributed by atoms with van der Waals surface area (Å²) in [7, 11) is 0. The Labute approximate surface area is 104 Å². The average molecular weight is 262 g/mol. The third kappa shape index (κ3) is 3.49. The zero-order valence-corrected chi connectivity index (χ0v) is 10.0. The Morgan fingerprint density at radius 2 is 2.11 bits per heavy atom. The van der Waals surface area contributed by atoms with Crippen molar-refractivity contribution >= 4 is 0 Å². The van der Waals surface area contributed by atoms with Gasteiger partial charge in [0.25, 0.3) is 0 Å². The van der Waals surface area contributed by atoms with Crippen LogP contribution in [0.3, 0.4) is 0 Å². The molecule has 0 bridgehead atoms. The zero-order chi connectivity index (χ0) is 13.2. The smallest absolute Gasteiger partial charge is 0.351 e. The molecule has 0 saturated heterocycles. The maximum absolute atomic E-state index is 11.9. The van der Waals surface area contributed by atoms with Crippen LogP contribution in [0, 0.1) is 0 Å². The number of nitrogens with zero attached hydrogens (tertiary/aromatic N) is 1. The monoisotopic (exact) mass is 262 g/mol. The van der Waals surface area contributed by atoms with E-state index in [4.69, 9.17) is 5.73 Å². The second-order valence-electron chi connectivity index (χ2n) is 4.70. The third-order valence-corrected chi connectivity index (χ3v) is 3.11. The van der Waals surface area contributed by atoms with Crippen molar-refractivity contribution in [1.29, 1.82) is 0 Å². The van der Waals surface area contributed by atoms with E-state index in [1.807, 2.05) is 12.4 Å². The van der Waals surface area contributed by atoms with Gasteiger partial charge in [0.2, 0.25) is 0 Å². The molecule has 2 rings (SSSR count). The van der Waals surface area contributed by atoms with Crippen LogP contribution < -0.4 is 5.73 Å². The van der Waals surface area contributed by atoms with Crippen LogP contribution in [0.1, 0.15) is 36.4 Å². The maximum Gasteiger partial charge on any atom is 0.411 e. The normalized spacial score (nSPS) is 20.6. The van der Waals surface area contributed by atoms with Crippen LogP contribution in [0.4, 0.5) is 13.2 Å². The molecule has 0 amide bonds. The van der Waals surface area contributed by atoms with Crippen molar-refractivity contribution < 1.29 is 17.9 Å². The van der Waals surface area contributed by atoms with Crippen molar-refractivity contribution in [3.8, 4) is 0 Å². The Morgan fingerprint density at radius 3 is 2.83 bits per heavy atom. The number of aromatic nitrogens is 1. The Hall–Kier alpha value is -1.01. The van der Waals surface area contributed by atoms with Gasteiger partial charge < -0.3 is 15.0 Å². The molecule has 1 unspecified atom stereocenters. The van der Waals surface area contributed by atoms with E-state index in [0.717, 1.165) is 36.8 Å². The molecule has 0 saturated carbocycles. The van der Waals surface area contributed by atoms with E-state index in [0.29, 0.717) is 0 Å². The van der Waals surface area contributed by atoms with E-state index < -0.39 is 12.8 Å². The lowest BCUT2D eigenvalue weighted by molar-refractivity contribution is -0.181. The van der Waals surface area contributed by atoms with Crippen molar-refractivity contribution in [1.82, 2.24) is 4.57 Å². The highest BCUT2D eigenvalue weighted by molar-refractivity contribution is 5.28. The highest BCUT2D eigenvalue weighted by Crippen LogP contribution is 2.27. The molecule has 2 N–H and O–H groups in total. The quantitative estimate of drug-likeness (QED) is 0.851. The predicted octanol–water partition coefficient (Wildman–Crippen LogP) is 2.75. The fourth-order valence-corrected chi connectivity index (χ4v) is 2.29. The van der Waals surface area contributed by atoms with Crippen LogP contribution in [0.25, 0.3) is 0 Å². The van der Waals surface area contributed by atoms with Crippen molar-refractivity contribution in [2.45, 2.75) is 44.6 Å². The lowest BCUT2D eigenvalue weighted by Gasteiger charge is -2.09. The minimum atomic E-state index is -4.28. The van der Waals surface area contributed by atoms with Crippen molar-refractivity contribution in [2.24, 2.45) is 5.73 Å². The molecule has 1 aromatic heterocycles. The van der Waals surface area contributed by atoms with Gasteiger partial charge >= 0.3 is 6.18 Å². The van der Waals surface area contributed by atoms with Crippen LogP contribution in [0.15, 0.2) is 12.4 Å². The molecule has 1 aliphatic rings. The molecule has 0 aromatic carbocycles. The topological polar surface area (TPSA) is 40.2 Å². The molecule has 1 aromatic rings. The van der Waals surface area contributed by atoms with E-state index in [2.05, 4.69) is 4.74 Å². The van der Waals surface area contributed by atoms with Crippen LogP contribution in [0.5, 0.6) is 0 Å². The molecule has 0 fully saturated rings. The number of hydrogen-bond acceptors (Lipinski definition) is 2. The summed E-state index contributed by atoms with van der Waals surface area (Å²) in [6, 6.07) is -0.00799. The van der Waals surface area contributed by atoms with E-state index in [-0.39, 0.29) is 12.8 Å². The average Bonchev–Trinajstić information content (AvgIpc) is 2.58. The van der Waals surface area contributed by atoms with E-state index >= 15 is 0 Å². The number of hydrogen-bond donors (Lipinski definition) is 1. The first-order chi connectivity index (χ1) is 8.46. The second-order valence-corrected chi connectivity index (χ2v) is 4.70. The summed E-state index contributed by atoms with van der Waals surface area (Å²) < 4.78 is 42.1. The highest BCUT2D eigenvalue weighted by Gasteiger charge is 2.27. The van der Waals surface area contributed by atoms with Gasteiger partial charge in [0.05, 0.1) is 0 Å². The lowest BCUT2D eigenvalue weighted by atomic mass is 10.1. The molecule has 102 valence electrons. The van der Waals surface area contributed by atoms with Gasteiger partial charge in [-0.25, -0.2) is 0 Å². The standard InChI is InChI=1S/C12H17F3N2O/c13-12(14,15)7-18-8-17-5-9-3-1-2-4-11(16)10(9)6-17/h5-6,11H,1-4,7-8,16H2. The fourth-order valence-electron chi connectivity index (χ4n) is 2.29. The van der Waals surface area contributed by atoms with Gasteiger partial charge in [-0.15, -0.1) is 0 Å². The van der Waals surface area contributed by atoms with Crippen molar-refractivity contribution in [2.75, 3.05) is 6.61 Å². The summed E-state index contributed by atoms with van der Waals surface area (Å²) >= 11 is 0. The predicted molar refractivity (Wildman–Crippen MR) is 60.9 cm³/mol. The summed E-state index contributed by atoms with van der Waals surface area (Å²) in [6.07, 6.45) is 3.42. The maximum atomic E-state index is 11.9. The third-order valence-electron chi connectivity index (χ3n) is 3.11. The first kappa shape index (κ1) is 13.4.